The molecule has 226 valence electrons. The lowest BCUT2D eigenvalue weighted by Gasteiger charge is -2.29. The van der Waals surface area contributed by atoms with Crippen LogP contribution in [0.2, 0.25) is 0 Å². The number of carbonyl (C=O) groups is 3. The Labute approximate surface area is 262 Å². The maximum Gasteiger partial charge on any atom is 0.330 e. The van der Waals surface area contributed by atoms with E-state index in [1.54, 1.807) is 4.90 Å². The number of allylic oxidation sites excluding steroid dienone is 1. The zero-order valence-corrected chi connectivity index (χ0v) is 26.1. The smallest absolute Gasteiger partial charge is 0.330 e. The van der Waals surface area contributed by atoms with Crippen LogP contribution in [0, 0.1) is 5.92 Å². The first-order valence-electron chi connectivity index (χ1n) is 14.8. The number of amides is 2. The van der Waals surface area contributed by atoms with Crippen molar-refractivity contribution in [2.75, 3.05) is 6.54 Å². The van der Waals surface area contributed by atoms with Crippen molar-refractivity contribution in [2.24, 2.45) is 5.92 Å². The third kappa shape index (κ3) is 6.63. The SMILES string of the molecule is O=C1N[C@]2(C(=O)O)C[C@@H]2/C=C\CCCCC[C@H](NCc2ccccc2)C(=O)N2C[C@H](Oc3nc4ccc(Br)cc4s3)C[C@@H]12. The quantitative estimate of drug-likeness (QED) is 0.315. The Morgan fingerprint density at radius 3 is 2.84 bits per heavy atom. The number of aliphatic carboxylic acids is 1. The lowest BCUT2D eigenvalue weighted by molar-refractivity contribution is -0.145. The summed E-state index contributed by atoms with van der Waals surface area (Å²) in [6.07, 6.45) is 8.33. The van der Waals surface area contributed by atoms with E-state index in [1.165, 1.54) is 11.3 Å². The van der Waals surface area contributed by atoms with E-state index < -0.39 is 35.6 Å². The van der Waals surface area contributed by atoms with Gasteiger partial charge in [-0.1, -0.05) is 82.6 Å². The molecule has 6 rings (SSSR count). The number of benzene rings is 2. The highest BCUT2D eigenvalue weighted by molar-refractivity contribution is 9.10. The van der Waals surface area contributed by atoms with E-state index in [1.807, 2.05) is 60.7 Å². The second-order valence-corrected chi connectivity index (χ2v) is 13.5. The Kier molecular flexibility index (Phi) is 8.83. The molecule has 2 amide bonds. The van der Waals surface area contributed by atoms with Gasteiger partial charge in [0.1, 0.15) is 17.7 Å². The third-order valence-corrected chi connectivity index (χ3v) is 10.0. The Hall–Kier alpha value is -3.28. The summed E-state index contributed by atoms with van der Waals surface area (Å²) < 4.78 is 8.19. The van der Waals surface area contributed by atoms with Crippen LogP contribution in [0.25, 0.3) is 10.2 Å². The van der Waals surface area contributed by atoms with Crippen molar-refractivity contribution in [1.29, 1.82) is 0 Å². The van der Waals surface area contributed by atoms with E-state index in [0.717, 1.165) is 45.9 Å². The fourth-order valence-electron chi connectivity index (χ4n) is 6.11. The first-order valence-corrected chi connectivity index (χ1v) is 16.5. The molecule has 2 aromatic carbocycles. The monoisotopic (exact) mass is 666 g/mol. The molecule has 0 radical (unpaired) electrons. The minimum absolute atomic E-state index is 0.167. The molecule has 1 saturated carbocycles. The molecule has 1 aliphatic carbocycles. The molecule has 9 nitrogen and oxygen atoms in total. The number of hydrogen-bond acceptors (Lipinski definition) is 7. The molecule has 1 saturated heterocycles. The van der Waals surface area contributed by atoms with Gasteiger partial charge in [0.15, 0.2) is 0 Å². The number of nitrogens with zero attached hydrogens (tertiary/aromatic N) is 2. The molecular weight excluding hydrogens is 632 g/mol. The van der Waals surface area contributed by atoms with E-state index in [0.29, 0.717) is 24.6 Å². The Morgan fingerprint density at radius 1 is 1.19 bits per heavy atom. The highest BCUT2D eigenvalue weighted by Gasteiger charge is 2.61. The second-order valence-electron chi connectivity index (χ2n) is 11.6. The summed E-state index contributed by atoms with van der Waals surface area (Å²) in [6.45, 7) is 0.735. The highest BCUT2D eigenvalue weighted by Crippen LogP contribution is 2.45. The standard InChI is InChI=1S/C32H35BrN4O5S/c33-22-13-14-24-27(15-22)43-31(35-24)42-23-16-26-28(38)36-32(30(40)41)17-21(32)11-7-2-1-3-8-12-25(29(39)37(26)19-23)34-18-20-9-5-4-6-10-20/h4-7,9-11,13-15,21,23,25-26,34H,1-3,8,12,16-19H2,(H,36,38)(H,40,41)/b11-7-/t21-,23+,25-,26-,32+/m0/s1. The van der Waals surface area contributed by atoms with Crippen molar-refractivity contribution in [3.05, 3.63) is 70.7 Å². The van der Waals surface area contributed by atoms with Gasteiger partial charge in [0.05, 0.1) is 22.8 Å². The number of carboxylic acid groups (broad SMARTS) is 1. The average molecular weight is 668 g/mol. The summed E-state index contributed by atoms with van der Waals surface area (Å²) in [5.41, 5.74) is 0.539. The lowest BCUT2D eigenvalue weighted by Crippen LogP contribution is -2.55. The van der Waals surface area contributed by atoms with E-state index in [4.69, 9.17) is 4.74 Å². The molecule has 3 aliphatic rings. The van der Waals surface area contributed by atoms with Crippen LogP contribution in [0.5, 0.6) is 5.19 Å². The molecule has 11 heteroatoms. The average Bonchev–Trinajstić information content (AvgIpc) is 3.31. The van der Waals surface area contributed by atoms with Crippen molar-refractivity contribution in [3.63, 3.8) is 0 Å². The number of aromatic nitrogens is 1. The minimum atomic E-state index is -1.34. The molecular formula is C32H35BrN4O5S. The van der Waals surface area contributed by atoms with Crippen molar-refractivity contribution >= 4 is 55.3 Å². The molecule has 3 N–H and O–H groups in total. The number of carbonyl (C=O) groups excluding carboxylic acids is 2. The lowest BCUT2D eigenvalue weighted by atomic mass is 10.0. The van der Waals surface area contributed by atoms with Crippen LogP contribution < -0.4 is 15.4 Å². The van der Waals surface area contributed by atoms with Gasteiger partial charge in [-0.25, -0.2) is 9.78 Å². The van der Waals surface area contributed by atoms with Crippen molar-refractivity contribution < 1.29 is 24.2 Å². The van der Waals surface area contributed by atoms with Crippen LogP contribution in [0.3, 0.4) is 0 Å². The zero-order valence-electron chi connectivity index (χ0n) is 23.7. The van der Waals surface area contributed by atoms with Crippen LogP contribution in [0.1, 0.15) is 50.5 Å². The number of fused-ring (bicyclic) bond motifs is 3. The van der Waals surface area contributed by atoms with E-state index in [9.17, 15) is 19.5 Å². The molecule has 1 aromatic heterocycles. The number of carboxylic acids is 1. The molecule has 0 bridgehead atoms. The first-order chi connectivity index (χ1) is 20.8. The summed E-state index contributed by atoms with van der Waals surface area (Å²) in [4.78, 5) is 46.5. The normalized spacial score (nSPS) is 28.7. The van der Waals surface area contributed by atoms with Crippen molar-refractivity contribution in [3.8, 4) is 5.19 Å². The molecule has 3 heterocycles. The Balaban J connectivity index is 1.26. The number of thiazole rings is 1. The number of nitrogens with one attached hydrogen (secondary N) is 2. The summed E-state index contributed by atoms with van der Waals surface area (Å²) >= 11 is 4.90. The van der Waals surface area contributed by atoms with Crippen LogP contribution in [-0.2, 0) is 20.9 Å². The molecule has 0 spiro atoms. The van der Waals surface area contributed by atoms with Crippen molar-refractivity contribution in [2.45, 2.75) is 75.2 Å². The maximum absolute atomic E-state index is 14.2. The Bertz CT molecular complexity index is 1530. The van der Waals surface area contributed by atoms with Gasteiger partial charge in [-0.15, -0.1) is 0 Å². The fraction of sp³-hybridized carbons (Fsp3) is 0.438. The first kappa shape index (κ1) is 29.8. The zero-order chi connectivity index (χ0) is 30.0. The van der Waals surface area contributed by atoms with Crippen molar-refractivity contribution in [1.82, 2.24) is 20.5 Å². The summed E-state index contributed by atoms with van der Waals surface area (Å²) in [5.74, 6) is -1.94. The van der Waals surface area contributed by atoms with E-state index in [-0.39, 0.29) is 24.8 Å². The predicted octanol–water partition coefficient (Wildman–Crippen LogP) is 5.05. The van der Waals surface area contributed by atoms with Crippen LogP contribution in [-0.4, -0.2) is 63.0 Å². The number of ether oxygens (including phenoxy) is 1. The third-order valence-electron chi connectivity index (χ3n) is 8.61. The van der Waals surface area contributed by atoms with Gasteiger partial charge < -0.3 is 25.4 Å². The molecule has 3 aromatic rings. The predicted molar refractivity (Wildman–Crippen MR) is 168 cm³/mol. The van der Waals surface area contributed by atoms with Crippen LogP contribution >= 0.6 is 27.3 Å². The van der Waals surface area contributed by atoms with Gasteiger partial charge in [0.25, 0.3) is 5.19 Å². The molecule has 5 atom stereocenters. The summed E-state index contributed by atoms with van der Waals surface area (Å²) in [6, 6.07) is 14.4. The van der Waals surface area contributed by atoms with Gasteiger partial charge >= 0.3 is 5.97 Å². The molecule has 2 fully saturated rings. The Morgan fingerprint density at radius 2 is 2.02 bits per heavy atom. The van der Waals surface area contributed by atoms with Gasteiger partial charge in [0.2, 0.25) is 11.8 Å². The molecule has 0 unspecified atom stereocenters. The van der Waals surface area contributed by atoms with Gasteiger partial charge in [-0.05, 0) is 49.4 Å². The summed E-state index contributed by atoms with van der Waals surface area (Å²) in [7, 11) is 0. The summed E-state index contributed by atoms with van der Waals surface area (Å²) in [5, 5.41) is 16.8. The topological polar surface area (TPSA) is 121 Å². The highest BCUT2D eigenvalue weighted by atomic mass is 79.9. The van der Waals surface area contributed by atoms with E-state index in [2.05, 4.69) is 31.5 Å². The molecule has 2 aliphatic heterocycles. The van der Waals surface area contributed by atoms with Gasteiger partial charge in [-0.2, -0.15) is 0 Å². The molecule has 43 heavy (non-hydrogen) atoms. The second kappa shape index (κ2) is 12.8. The fourth-order valence-corrected chi connectivity index (χ4v) is 7.54. The van der Waals surface area contributed by atoms with Gasteiger partial charge in [-0.3, -0.25) is 9.59 Å². The van der Waals surface area contributed by atoms with Crippen LogP contribution in [0.15, 0.2) is 65.2 Å². The maximum atomic E-state index is 14.2. The number of rotatable bonds is 6. The van der Waals surface area contributed by atoms with Crippen LogP contribution in [0.4, 0.5) is 0 Å². The van der Waals surface area contributed by atoms with Gasteiger partial charge in [0, 0.05) is 23.4 Å². The number of hydrogen-bond donors (Lipinski definition) is 3. The van der Waals surface area contributed by atoms with E-state index >= 15 is 0 Å². The number of halogens is 1. The largest absolute Gasteiger partial charge is 0.479 e. The minimum Gasteiger partial charge on any atom is -0.479 e.